The van der Waals surface area contributed by atoms with Gasteiger partial charge in [0.05, 0.1) is 10.7 Å². The number of nitrogens with zero attached hydrogens (tertiary/aromatic N) is 1. The first-order chi connectivity index (χ1) is 9.60. The van der Waals surface area contributed by atoms with E-state index in [1.807, 2.05) is 6.92 Å². The number of hydrogen-bond donors (Lipinski definition) is 2. The minimum Gasteiger partial charge on any atom is -0.397 e. The van der Waals surface area contributed by atoms with Crippen molar-refractivity contribution in [2.45, 2.75) is 45.4 Å². The third kappa shape index (κ3) is 3.08. The largest absolute Gasteiger partial charge is 0.397 e. The third-order valence-electron chi connectivity index (χ3n) is 3.69. The zero-order valence-corrected chi connectivity index (χ0v) is 13.5. The van der Waals surface area contributed by atoms with Crippen LogP contribution in [0, 0.1) is 0 Å². The van der Waals surface area contributed by atoms with Crippen molar-refractivity contribution in [2.24, 2.45) is 0 Å². The molecule has 0 aromatic carbocycles. The van der Waals surface area contributed by atoms with Crippen LogP contribution in [0.15, 0.2) is 0 Å². The Hall–Kier alpha value is -1.23. The number of unbranched alkanes of at least 4 members (excludes halogenated alkanes) is 1. The number of anilines is 2. The predicted molar refractivity (Wildman–Crippen MR) is 86.9 cm³/mol. The summed E-state index contributed by atoms with van der Waals surface area (Å²) in [6, 6.07) is 0. The average Bonchev–Trinajstić information content (AvgIpc) is 3.19. The van der Waals surface area contributed by atoms with Crippen molar-refractivity contribution >= 4 is 27.9 Å². The van der Waals surface area contributed by atoms with Crippen molar-refractivity contribution in [3.63, 3.8) is 0 Å². The second kappa shape index (κ2) is 6.48. The van der Waals surface area contributed by atoms with Gasteiger partial charge in [-0.3, -0.25) is 4.79 Å². The molecule has 4 nitrogen and oxygen atoms in total. The maximum absolute atomic E-state index is 12.1. The van der Waals surface area contributed by atoms with Gasteiger partial charge in [-0.2, -0.15) is 0 Å². The van der Waals surface area contributed by atoms with Crippen molar-refractivity contribution in [1.29, 1.82) is 0 Å². The van der Waals surface area contributed by atoms with Crippen LogP contribution in [0.3, 0.4) is 0 Å². The Kier molecular flexibility index (Phi) is 4.91. The van der Waals surface area contributed by atoms with Crippen molar-refractivity contribution in [2.75, 3.05) is 30.8 Å². The van der Waals surface area contributed by atoms with Crippen LogP contribution in [0.25, 0.3) is 0 Å². The van der Waals surface area contributed by atoms with E-state index in [2.05, 4.69) is 24.2 Å². The first-order valence-corrected chi connectivity index (χ1v) is 8.33. The summed E-state index contributed by atoms with van der Waals surface area (Å²) >= 11 is 1.55. The summed E-state index contributed by atoms with van der Waals surface area (Å²) in [5, 5.41) is 4.05. The smallest absolute Gasteiger partial charge is 0.263 e. The summed E-state index contributed by atoms with van der Waals surface area (Å²) in [6.07, 6.45) is 4.73. The number of carbonyl (C=O) groups excluding carboxylic acids is 1. The van der Waals surface area contributed by atoms with E-state index in [4.69, 9.17) is 5.73 Å². The van der Waals surface area contributed by atoms with E-state index in [0.29, 0.717) is 23.0 Å². The van der Waals surface area contributed by atoms with E-state index >= 15 is 0 Å². The predicted octanol–water partition coefficient (Wildman–Crippen LogP) is 3.19. The monoisotopic (exact) mass is 295 g/mol. The SMILES string of the molecule is CCCCN(C)c1sc(C(=O)NCC)c(N)c1C1CC1. The van der Waals surface area contributed by atoms with Gasteiger partial charge in [-0.25, -0.2) is 0 Å². The Morgan fingerprint density at radius 3 is 2.70 bits per heavy atom. The number of amides is 1. The average molecular weight is 295 g/mol. The lowest BCUT2D eigenvalue weighted by Crippen LogP contribution is -2.22. The summed E-state index contributed by atoms with van der Waals surface area (Å²) in [5.41, 5.74) is 8.19. The third-order valence-corrected chi connectivity index (χ3v) is 5.02. The van der Waals surface area contributed by atoms with Crippen LogP contribution in [0.4, 0.5) is 10.7 Å². The highest BCUT2D eigenvalue weighted by Crippen LogP contribution is 2.51. The number of nitrogens with two attached hydrogens (primary N) is 1. The molecule has 20 heavy (non-hydrogen) atoms. The molecule has 1 amide bonds. The van der Waals surface area contributed by atoms with E-state index < -0.39 is 0 Å². The fourth-order valence-corrected chi connectivity index (χ4v) is 3.61. The molecule has 1 fully saturated rings. The highest BCUT2D eigenvalue weighted by molar-refractivity contribution is 7.18. The van der Waals surface area contributed by atoms with Crippen molar-refractivity contribution in [1.82, 2.24) is 5.32 Å². The highest BCUT2D eigenvalue weighted by Gasteiger charge is 2.33. The van der Waals surface area contributed by atoms with E-state index in [-0.39, 0.29) is 5.91 Å². The van der Waals surface area contributed by atoms with E-state index in [1.165, 1.54) is 29.8 Å². The van der Waals surface area contributed by atoms with Gasteiger partial charge < -0.3 is 16.0 Å². The van der Waals surface area contributed by atoms with Crippen LogP contribution in [0.5, 0.6) is 0 Å². The second-order valence-electron chi connectivity index (χ2n) is 5.47. The zero-order chi connectivity index (χ0) is 14.7. The van der Waals surface area contributed by atoms with E-state index in [1.54, 1.807) is 11.3 Å². The van der Waals surface area contributed by atoms with E-state index in [9.17, 15) is 4.79 Å². The van der Waals surface area contributed by atoms with Gasteiger partial charge in [-0.05, 0) is 32.1 Å². The first-order valence-electron chi connectivity index (χ1n) is 7.51. The van der Waals surface area contributed by atoms with Crippen LogP contribution >= 0.6 is 11.3 Å². The van der Waals surface area contributed by atoms with Gasteiger partial charge in [-0.15, -0.1) is 11.3 Å². The molecule has 1 aromatic heterocycles. The first kappa shape index (κ1) is 15.2. The fraction of sp³-hybridized carbons (Fsp3) is 0.667. The molecule has 0 atom stereocenters. The Bertz CT molecular complexity index is 480. The van der Waals surface area contributed by atoms with E-state index in [0.717, 1.165) is 13.0 Å². The molecule has 0 radical (unpaired) electrons. The summed E-state index contributed by atoms with van der Waals surface area (Å²) in [4.78, 5) is 15.1. The molecule has 112 valence electrons. The topological polar surface area (TPSA) is 58.4 Å². The van der Waals surface area contributed by atoms with Crippen molar-refractivity contribution in [3.8, 4) is 0 Å². The van der Waals surface area contributed by atoms with Crippen LogP contribution in [0.2, 0.25) is 0 Å². The number of carbonyl (C=O) groups is 1. The normalized spacial score (nSPS) is 14.3. The zero-order valence-electron chi connectivity index (χ0n) is 12.7. The molecule has 0 unspecified atom stereocenters. The molecule has 0 spiro atoms. The summed E-state index contributed by atoms with van der Waals surface area (Å²) in [5.74, 6) is 0.528. The number of nitrogens with one attached hydrogen (secondary N) is 1. The van der Waals surface area contributed by atoms with Gasteiger partial charge in [0.2, 0.25) is 0 Å². The van der Waals surface area contributed by atoms with Gasteiger partial charge >= 0.3 is 0 Å². The molecule has 1 aliphatic carbocycles. The molecule has 2 rings (SSSR count). The van der Waals surface area contributed by atoms with Gasteiger partial charge in [0.15, 0.2) is 0 Å². The molecular weight excluding hydrogens is 270 g/mol. The quantitative estimate of drug-likeness (QED) is 0.812. The van der Waals surface area contributed by atoms with Crippen LogP contribution in [-0.2, 0) is 0 Å². The lowest BCUT2D eigenvalue weighted by atomic mass is 10.1. The van der Waals surface area contributed by atoms with Gasteiger partial charge in [-0.1, -0.05) is 13.3 Å². The summed E-state index contributed by atoms with van der Waals surface area (Å²) in [6.45, 7) is 5.78. The Balaban J connectivity index is 2.30. The molecule has 1 heterocycles. The number of nitrogen functional groups attached to an aromatic ring is 1. The molecule has 1 aromatic rings. The highest BCUT2D eigenvalue weighted by atomic mass is 32.1. The fourth-order valence-electron chi connectivity index (χ4n) is 2.40. The Morgan fingerprint density at radius 1 is 1.45 bits per heavy atom. The summed E-state index contributed by atoms with van der Waals surface area (Å²) < 4.78 is 0. The minimum absolute atomic E-state index is 0.0351. The van der Waals surface area contributed by atoms with Crippen molar-refractivity contribution in [3.05, 3.63) is 10.4 Å². The summed E-state index contributed by atoms with van der Waals surface area (Å²) in [7, 11) is 2.11. The van der Waals surface area contributed by atoms with Crippen molar-refractivity contribution < 1.29 is 4.79 Å². The second-order valence-corrected chi connectivity index (χ2v) is 6.47. The molecule has 1 saturated carbocycles. The maximum Gasteiger partial charge on any atom is 0.263 e. The van der Waals surface area contributed by atoms with Crippen LogP contribution < -0.4 is 16.0 Å². The number of hydrogen-bond acceptors (Lipinski definition) is 4. The standard InChI is InChI=1S/C15H25N3OS/c1-4-6-9-18(3)15-11(10-7-8-10)12(16)13(20-15)14(19)17-5-2/h10H,4-9,16H2,1-3H3,(H,17,19). The maximum atomic E-state index is 12.1. The van der Waals surface area contributed by atoms with Gasteiger partial charge in [0, 0.05) is 25.7 Å². The number of rotatable bonds is 7. The number of thiophene rings is 1. The lowest BCUT2D eigenvalue weighted by molar-refractivity contribution is 0.0960. The minimum atomic E-state index is -0.0351. The molecule has 0 bridgehead atoms. The molecule has 1 aliphatic rings. The van der Waals surface area contributed by atoms with Gasteiger partial charge in [0.25, 0.3) is 5.91 Å². The molecular formula is C15H25N3OS. The Labute approximate surface area is 125 Å². The molecule has 5 heteroatoms. The Morgan fingerprint density at radius 2 is 2.15 bits per heavy atom. The van der Waals surface area contributed by atoms with Crippen LogP contribution in [0.1, 0.15) is 60.7 Å². The molecule has 0 aliphatic heterocycles. The lowest BCUT2D eigenvalue weighted by Gasteiger charge is -2.19. The molecule has 0 saturated heterocycles. The van der Waals surface area contributed by atoms with Crippen LogP contribution in [-0.4, -0.2) is 26.0 Å². The van der Waals surface area contributed by atoms with Gasteiger partial charge in [0.1, 0.15) is 4.88 Å². The molecule has 3 N–H and O–H groups in total.